The maximum atomic E-state index is 5.72. The van der Waals surface area contributed by atoms with E-state index in [4.69, 9.17) is 14.6 Å². The number of pyridine rings is 2. The molecule has 3 aliphatic rings. The van der Waals surface area contributed by atoms with Gasteiger partial charge in [-0.3, -0.25) is 0 Å². The average molecular weight is 376 g/mol. The molecule has 6 rings (SSSR count). The van der Waals surface area contributed by atoms with Gasteiger partial charge in [0.05, 0.1) is 36.7 Å². The molecule has 2 fully saturated rings. The fraction of sp³-hybridized carbons (Fsp3) is 0.350. The van der Waals surface area contributed by atoms with Crippen molar-refractivity contribution in [2.24, 2.45) is 0 Å². The topological polar surface area (TPSA) is 77.3 Å². The minimum atomic E-state index is 0.485. The number of hydrogen-bond acceptors (Lipinski definition) is 7. The minimum absolute atomic E-state index is 0.485. The molecular formula is C20H20N6O2. The summed E-state index contributed by atoms with van der Waals surface area (Å²) in [7, 11) is 0. The van der Waals surface area contributed by atoms with Crippen LogP contribution in [-0.4, -0.2) is 58.1 Å². The summed E-state index contributed by atoms with van der Waals surface area (Å²) in [4.78, 5) is 11.2. The molecule has 6 heterocycles. The number of anilines is 1. The first kappa shape index (κ1) is 16.0. The largest absolute Gasteiger partial charge is 0.472 e. The van der Waals surface area contributed by atoms with E-state index in [0.717, 1.165) is 54.6 Å². The average Bonchev–Trinajstić information content (AvgIpc) is 3.11. The van der Waals surface area contributed by atoms with E-state index in [2.05, 4.69) is 32.3 Å². The molecule has 0 aromatic carbocycles. The fourth-order valence-corrected chi connectivity index (χ4v) is 3.84. The Balaban J connectivity index is 1.18. The Morgan fingerprint density at radius 3 is 2.79 bits per heavy atom. The second-order valence-corrected chi connectivity index (χ2v) is 7.47. The zero-order valence-electron chi connectivity index (χ0n) is 15.3. The van der Waals surface area contributed by atoms with E-state index >= 15 is 0 Å². The van der Waals surface area contributed by atoms with Crippen LogP contribution in [0.15, 0.2) is 42.9 Å². The molecule has 0 amide bonds. The molecule has 8 heteroatoms. The van der Waals surface area contributed by atoms with Gasteiger partial charge in [-0.15, -0.1) is 0 Å². The molecule has 0 atom stereocenters. The van der Waals surface area contributed by atoms with Gasteiger partial charge in [0.15, 0.2) is 0 Å². The van der Waals surface area contributed by atoms with Crippen LogP contribution in [0.1, 0.15) is 5.56 Å². The van der Waals surface area contributed by atoms with Crippen LogP contribution < -0.4 is 15.0 Å². The molecule has 0 radical (unpaired) electrons. The molecule has 3 aromatic heterocycles. The molecule has 0 spiro atoms. The van der Waals surface area contributed by atoms with E-state index in [9.17, 15) is 0 Å². The van der Waals surface area contributed by atoms with Crippen molar-refractivity contribution >= 4 is 5.82 Å². The second-order valence-electron chi connectivity index (χ2n) is 7.47. The third-order valence-electron chi connectivity index (χ3n) is 5.49. The lowest BCUT2D eigenvalue weighted by molar-refractivity contribution is -0.0114. The highest BCUT2D eigenvalue weighted by Crippen LogP contribution is 2.35. The molecular weight excluding hydrogens is 356 g/mol. The summed E-state index contributed by atoms with van der Waals surface area (Å²) in [5.41, 5.74) is 3.85. The summed E-state index contributed by atoms with van der Waals surface area (Å²) in [6.45, 7) is 4.13. The van der Waals surface area contributed by atoms with Crippen LogP contribution in [0.5, 0.6) is 5.88 Å². The highest BCUT2D eigenvalue weighted by Gasteiger charge is 2.31. The van der Waals surface area contributed by atoms with Crippen LogP contribution in [0.3, 0.4) is 0 Å². The van der Waals surface area contributed by atoms with Gasteiger partial charge in [0, 0.05) is 37.1 Å². The summed E-state index contributed by atoms with van der Waals surface area (Å²) >= 11 is 0. The Labute approximate surface area is 162 Å². The van der Waals surface area contributed by atoms with E-state index in [0.29, 0.717) is 24.6 Å². The van der Waals surface area contributed by atoms with Crippen LogP contribution in [0.25, 0.3) is 16.9 Å². The monoisotopic (exact) mass is 376 g/mol. The molecule has 2 saturated heterocycles. The highest BCUT2D eigenvalue weighted by atomic mass is 16.5. The third-order valence-corrected chi connectivity index (χ3v) is 5.49. The summed E-state index contributed by atoms with van der Waals surface area (Å²) in [5.74, 6) is 1.64. The lowest BCUT2D eigenvalue weighted by Crippen LogP contribution is -2.63. The lowest BCUT2D eigenvalue weighted by atomic mass is 10.1. The Kier molecular flexibility index (Phi) is 3.60. The van der Waals surface area contributed by atoms with Crippen molar-refractivity contribution in [1.82, 2.24) is 25.1 Å². The van der Waals surface area contributed by atoms with Gasteiger partial charge in [0.1, 0.15) is 18.1 Å². The molecule has 1 N–H and O–H groups in total. The second kappa shape index (κ2) is 6.29. The van der Waals surface area contributed by atoms with Crippen LogP contribution >= 0.6 is 0 Å². The van der Waals surface area contributed by atoms with Crippen molar-refractivity contribution in [2.75, 3.05) is 31.2 Å². The van der Waals surface area contributed by atoms with Gasteiger partial charge in [-0.05, 0) is 24.3 Å². The molecule has 0 aliphatic carbocycles. The molecule has 3 aliphatic heterocycles. The summed E-state index contributed by atoms with van der Waals surface area (Å²) in [6.07, 6.45) is 5.62. The minimum Gasteiger partial charge on any atom is -0.472 e. The van der Waals surface area contributed by atoms with E-state index in [1.807, 2.05) is 29.2 Å². The highest BCUT2D eigenvalue weighted by molar-refractivity contribution is 5.69. The van der Waals surface area contributed by atoms with Gasteiger partial charge in [0.2, 0.25) is 5.88 Å². The first-order chi connectivity index (χ1) is 13.8. The van der Waals surface area contributed by atoms with Crippen molar-refractivity contribution in [1.29, 1.82) is 0 Å². The Hall–Kier alpha value is -2.97. The number of aromatic nitrogens is 4. The Bertz CT molecular complexity index is 1010. The molecule has 3 aromatic rings. The smallest absolute Gasteiger partial charge is 0.223 e. The quantitative estimate of drug-likeness (QED) is 0.737. The van der Waals surface area contributed by atoms with E-state index in [1.54, 1.807) is 6.20 Å². The number of fused-ring (bicyclic) bond motifs is 3. The molecule has 8 nitrogen and oxygen atoms in total. The van der Waals surface area contributed by atoms with Gasteiger partial charge >= 0.3 is 0 Å². The van der Waals surface area contributed by atoms with Crippen LogP contribution in [-0.2, 0) is 11.3 Å². The maximum Gasteiger partial charge on any atom is 0.223 e. The molecule has 0 saturated carbocycles. The lowest BCUT2D eigenvalue weighted by Gasteiger charge is -2.43. The number of ether oxygens (including phenoxy) is 2. The van der Waals surface area contributed by atoms with Crippen molar-refractivity contribution < 1.29 is 9.47 Å². The zero-order valence-corrected chi connectivity index (χ0v) is 15.3. The van der Waals surface area contributed by atoms with Crippen LogP contribution in [0, 0.1) is 0 Å². The van der Waals surface area contributed by atoms with Gasteiger partial charge < -0.3 is 19.7 Å². The predicted octanol–water partition coefficient (Wildman–Crippen LogP) is 1.40. The third kappa shape index (κ3) is 2.64. The van der Waals surface area contributed by atoms with Crippen LogP contribution in [0.4, 0.5) is 5.82 Å². The van der Waals surface area contributed by atoms with Crippen molar-refractivity contribution in [3.05, 3.63) is 48.4 Å². The van der Waals surface area contributed by atoms with Crippen molar-refractivity contribution in [2.45, 2.75) is 18.7 Å². The van der Waals surface area contributed by atoms with Crippen molar-refractivity contribution in [3.63, 3.8) is 0 Å². The van der Waals surface area contributed by atoms with Gasteiger partial charge in [-0.1, -0.05) is 0 Å². The van der Waals surface area contributed by atoms with E-state index in [1.165, 1.54) is 0 Å². The molecule has 0 bridgehead atoms. The number of rotatable bonds is 4. The number of nitrogens with one attached hydrogen (secondary N) is 1. The van der Waals surface area contributed by atoms with Gasteiger partial charge in [-0.2, -0.15) is 5.10 Å². The normalized spacial score (nSPS) is 18.6. The first-order valence-corrected chi connectivity index (χ1v) is 9.55. The Morgan fingerprint density at radius 1 is 1.07 bits per heavy atom. The summed E-state index contributed by atoms with van der Waals surface area (Å²) in [6, 6.07) is 9.07. The molecule has 0 unspecified atom stereocenters. The van der Waals surface area contributed by atoms with E-state index in [-0.39, 0.29) is 0 Å². The zero-order chi connectivity index (χ0) is 18.5. The predicted molar refractivity (Wildman–Crippen MR) is 103 cm³/mol. The Morgan fingerprint density at radius 2 is 2.00 bits per heavy atom. The maximum absolute atomic E-state index is 5.72. The number of hydrogen-bond donors (Lipinski definition) is 1. The first-order valence-electron chi connectivity index (χ1n) is 9.55. The van der Waals surface area contributed by atoms with Crippen LogP contribution in [0.2, 0.25) is 0 Å². The number of nitrogens with zero attached hydrogens (tertiary/aromatic N) is 5. The standard InChI is InChI=1S/C20H20N6O2/c1-2-17-19-13(10-28-20(17)21-5-1)7-26(24-19)16-3-4-18(22-6-16)25-8-14(9-25)23-15-11-27-12-15/h1-7,14-15,23H,8-12H2. The summed E-state index contributed by atoms with van der Waals surface area (Å²) < 4.78 is 12.8. The SMILES string of the molecule is c1cnc2c(c1)-c1nn(-c3ccc(N4CC(NC5COC5)C4)nc3)cc1CO2. The summed E-state index contributed by atoms with van der Waals surface area (Å²) in [5, 5.41) is 8.35. The van der Waals surface area contributed by atoms with E-state index < -0.39 is 0 Å². The molecule has 142 valence electrons. The fourth-order valence-electron chi connectivity index (χ4n) is 3.84. The van der Waals surface area contributed by atoms with Crippen molar-refractivity contribution in [3.8, 4) is 22.8 Å². The van der Waals surface area contributed by atoms with Gasteiger partial charge in [0.25, 0.3) is 0 Å². The molecule has 28 heavy (non-hydrogen) atoms. The van der Waals surface area contributed by atoms with Gasteiger partial charge in [-0.25, -0.2) is 14.6 Å².